The van der Waals surface area contributed by atoms with Gasteiger partial charge in [0.05, 0.1) is 0 Å². The van der Waals surface area contributed by atoms with E-state index in [1.54, 1.807) is 0 Å². The first-order valence-electron chi connectivity index (χ1n) is 5.11. The number of benzene rings is 2. The highest BCUT2D eigenvalue weighted by Crippen LogP contribution is 2.26. The van der Waals surface area contributed by atoms with E-state index in [1.165, 1.54) is 27.4 Å². The van der Waals surface area contributed by atoms with Crippen molar-refractivity contribution in [1.29, 1.82) is 0 Å². The maximum atomic E-state index is 8.00. The number of carbonyl (C=O) groups is 1. The van der Waals surface area contributed by atoms with Crippen LogP contribution in [-0.4, -0.2) is 11.8 Å². The maximum absolute atomic E-state index is 8.00. The van der Waals surface area contributed by atoms with Crippen molar-refractivity contribution in [2.24, 2.45) is 0 Å². The maximum Gasteiger partial charge on any atom is 0.106 e. The number of fused-ring (bicyclic) bond motifs is 3. The zero-order chi connectivity index (χ0) is 11.5. The number of H-pyrrole nitrogens is 1. The first kappa shape index (κ1) is 10.4. The van der Waals surface area contributed by atoms with E-state index >= 15 is 0 Å². The highest BCUT2D eigenvalue weighted by molar-refractivity contribution is 6.08. The first-order chi connectivity index (χ1) is 7.86. The highest BCUT2D eigenvalue weighted by atomic mass is 16.1. The number of para-hydroxylation sites is 2. The van der Waals surface area contributed by atoms with Gasteiger partial charge in [0.25, 0.3) is 0 Å². The van der Waals surface area contributed by atoms with Crippen molar-refractivity contribution in [1.82, 2.24) is 4.98 Å². The van der Waals surface area contributed by atoms with Crippen molar-refractivity contribution in [3.63, 3.8) is 0 Å². The van der Waals surface area contributed by atoms with E-state index in [4.69, 9.17) is 4.79 Å². The predicted molar refractivity (Wildman–Crippen MR) is 67.7 cm³/mol. The van der Waals surface area contributed by atoms with E-state index in [1.807, 2.05) is 6.79 Å². The van der Waals surface area contributed by atoms with Gasteiger partial charge in [0, 0.05) is 21.8 Å². The Kier molecular flexibility index (Phi) is 2.73. The summed E-state index contributed by atoms with van der Waals surface area (Å²) < 4.78 is 0. The Morgan fingerprint density at radius 2 is 1.62 bits per heavy atom. The van der Waals surface area contributed by atoms with Gasteiger partial charge in [0.15, 0.2) is 0 Å². The molecule has 0 saturated heterocycles. The van der Waals surface area contributed by atoms with E-state index < -0.39 is 0 Å². The van der Waals surface area contributed by atoms with Crippen LogP contribution in [-0.2, 0) is 4.79 Å². The molecule has 0 aliphatic carbocycles. The van der Waals surface area contributed by atoms with Crippen LogP contribution in [0.3, 0.4) is 0 Å². The average Bonchev–Trinajstić information content (AvgIpc) is 2.72. The lowest BCUT2D eigenvalue weighted by molar-refractivity contribution is -0.0979. The quantitative estimate of drug-likeness (QED) is 0.607. The smallest absolute Gasteiger partial charge is 0.106 e. The molecular weight excluding hydrogens is 198 g/mol. The summed E-state index contributed by atoms with van der Waals surface area (Å²) in [6.45, 7) is 4.14. The number of aromatic nitrogens is 1. The van der Waals surface area contributed by atoms with Crippen molar-refractivity contribution < 1.29 is 4.79 Å². The van der Waals surface area contributed by atoms with Gasteiger partial charge in [0.2, 0.25) is 0 Å². The highest BCUT2D eigenvalue weighted by Gasteiger charge is 2.03. The summed E-state index contributed by atoms with van der Waals surface area (Å²) in [5.74, 6) is 0. The Bertz CT molecular complexity index is 625. The average molecular weight is 211 g/mol. The molecule has 1 aromatic heterocycles. The number of rotatable bonds is 0. The molecule has 16 heavy (non-hydrogen) atoms. The van der Waals surface area contributed by atoms with Crippen LogP contribution in [0.5, 0.6) is 0 Å². The predicted octanol–water partition coefficient (Wildman–Crippen LogP) is 3.44. The molecule has 0 bridgehead atoms. The second-order valence-electron chi connectivity index (χ2n) is 3.67. The van der Waals surface area contributed by atoms with Gasteiger partial charge in [-0.3, -0.25) is 0 Å². The van der Waals surface area contributed by atoms with Crippen LogP contribution in [0.2, 0.25) is 0 Å². The van der Waals surface area contributed by atoms with Crippen molar-refractivity contribution >= 4 is 28.6 Å². The Morgan fingerprint density at radius 3 is 2.44 bits per heavy atom. The number of hydrogen-bond acceptors (Lipinski definition) is 1. The van der Waals surface area contributed by atoms with E-state index in [-0.39, 0.29) is 0 Å². The third-order valence-electron chi connectivity index (χ3n) is 2.75. The molecule has 0 spiro atoms. The molecule has 0 saturated carbocycles. The molecule has 0 aliphatic heterocycles. The fraction of sp³-hybridized carbons (Fsp3) is 0.0714. The molecule has 1 heterocycles. The normalized spacial score (nSPS) is 10.1. The van der Waals surface area contributed by atoms with Crippen LogP contribution in [0.1, 0.15) is 5.56 Å². The lowest BCUT2D eigenvalue weighted by atomic mass is 10.1. The summed E-state index contributed by atoms with van der Waals surface area (Å²) in [5.41, 5.74) is 3.78. The van der Waals surface area contributed by atoms with Crippen molar-refractivity contribution in [2.75, 3.05) is 0 Å². The largest absolute Gasteiger partial charge is 0.354 e. The summed E-state index contributed by atoms with van der Waals surface area (Å²) in [6, 6.07) is 14.8. The number of aromatic amines is 1. The van der Waals surface area contributed by atoms with Gasteiger partial charge in [-0.15, -0.1) is 0 Å². The summed E-state index contributed by atoms with van der Waals surface area (Å²) in [4.78, 5) is 11.4. The Hall–Kier alpha value is -2.09. The van der Waals surface area contributed by atoms with Crippen LogP contribution in [0, 0.1) is 6.92 Å². The standard InChI is InChI=1S/C13H11N.CH2O/c1-9-5-4-7-11-10-6-2-3-8-12(10)14-13(9)11;1-2/h2-8,14H,1H3;1H2. The van der Waals surface area contributed by atoms with E-state index in [0.29, 0.717) is 0 Å². The second-order valence-corrected chi connectivity index (χ2v) is 3.67. The monoisotopic (exact) mass is 211 g/mol. The van der Waals surface area contributed by atoms with Crippen molar-refractivity contribution in [3.8, 4) is 0 Å². The molecule has 2 heteroatoms. The molecule has 0 unspecified atom stereocenters. The van der Waals surface area contributed by atoms with E-state index in [2.05, 4.69) is 54.4 Å². The molecular formula is C14H13NO. The van der Waals surface area contributed by atoms with Crippen LogP contribution in [0.25, 0.3) is 21.8 Å². The van der Waals surface area contributed by atoms with Crippen LogP contribution < -0.4 is 0 Å². The van der Waals surface area contributed by atoms with Gasteiger partial charge in [-0.05, 0) is 18.6 Å². The first-order valence-corrected chi connectivity index (χ1v) is 5.11. The van der Waals surface area contributed by atoms with Gasteiger partial charge >= 0.3 is 0 Å². The summed E-state index contributed by atoms with van der Waals surface area (Å²) in [7, 11) is 0. The third-order valence-corrected chi connectivity index (χ3v) is 2.75. The SMILES string of the molecule is C=O.Cc1cccc2c1[nH]c1ccccc12. The fourth-order valence-corrected chi connectivity index (χ4v) is 2.02. The van der Waals surface area contributed by atoms with Crippen LogP contribution in [0.15, 0.2) is 42.5 Å². The Labute approximate surface area is 93.9 Å². The molecule has 0 fully saturated rings. The second kappa shape index (κ2) is 4.19. The molecule has 2 nitrogen and oxygen atoms in total. The summed E-state index contributed by atoms with van der Waals surface area (Å²) >= 11 is 0. The van der Waals surface area contributed by atoms with E-state index in [0.717, 1.165) is 0 Å². The minimum atomic E-state index is 1.22. The molecule has 0 amide bonds. The Balaban J connectivity index is 0.000000457. The van der Waals surface area contributed by atoms with Gasteiger partial charge in [-0.25, -0.2) is 0 Å². The summed E-state index contributed by atoms with van der Waals surface area (Å²) in [6.07, 6.45) is 0. The van der Waals surface area contributed by atoms with Gasteiger partial charge in [-0.2, -0.15) is 0 Å². The number of hydrogen-bond donors (Lipinski definition) is 1. The molecule has 3 rings (SSSR count). The lowest BCUT2D eigenvalue weighted by Gasteiger charge is -1.93. The topological polar surface area (TPSA) is 32.9 Å². The zero-order valence-electron chi connectivity index (χ0n) is 9.16. The molecule has 0 aliphatic rings. The number of aryl methyl sites for hydroxylation is 1. The van der Waals surface area contributed by atoms with E-state index in [9.17, 15) is 0 Å². The van der Waals surface area contributed by atoms with Crippen LogP contribution >= 0.6 is 0 Å². The third kappa shape index (κ3) is 1.48. The van der Waals surface area contributed by atoms with Crippen molar-refractivity contribution in [2.45, 2.75) is 6.92 Å². The number of nitrogens with one attached hydrogen (secondary N) is 1. The molecule has 0 atom stereocenters. The fourth-order valence-electron chi connectivity index (χ4n) is 2.02. The van der Waals surface area contributed by atoms with Crippen LogP contribution in [0.4, 0.5) is 0 Å². The van der Waals surface area contributed by atoms with Gasteiger partial charge < -0.3 is 9.78 Å². The van der Waals surface area contributed by atoms with Gasteiger partial charge in [-0.1, -0.05) is 36.4 Å². The Morgan fingerprint density at radius 1 is 0.938 bits per heavy atom. The molecule has 1 N–H and O–H groups in total. The minimum absolute atomic E-state index is 1.22. The molecule has 2 aromatic carbocycles. The minimum Gasteiger partial charge on any atom is -0.354 e. The summed E-state index contributed by atoms with van der Waals surface area (Å²) in [5, 5.41) is 2.63. The number of carbonyl (C=O) groups excluding carboxylic acids is 1. The lowest BCUT2D eigenvalue weighted by Crippen LogP contribution is -1.73. The van der Waals surface area contributed by atoms with Crippen molar-refractivity contribution in [3.05, 3.63) is 48.0 Å². The molecule has 3 aromatic rings. The molecule has 0 radical (unpaired) electrons. The molecule has 80 valence electrons. The van der Waals surface area contributed by atoms with Gasteiger partial charge in [0.1, 0.15) is 6.79 Å². The zero-order valence-corrected chi connectivity index (χ0v) is 9.16.